The number of hydrogen-bond acceptors (Lipinski definition) is 2. The first kappa shape index (κ1) is 12.8. The van der Waals surface area contributed by atoms with Gasteiger partial charge in [0, 0.05) is 17.2 Å². The van der Waals surface area contributed by atoms with Crippen molar-refractivity contribution in [3.05, 3.63) is 41.6 Å². The Labute approximate surface area is 106 Å². The molecule has 2 rings (SSSR count). The minimum atomic E-state index is -0.282. The van der Waals surface area contributed by atoms with Gasteiger partial charge in [-0.05, 0) is 25.5 Å². The van der Waals surface area contributed by atoms with E-state index in [0.29, 0.717) is 11.3 Å². The Morgan fingerprint density at radius 2 is 2.11 bits per heavy atom. The molecule has 0 saturated carbocycles. The van der Waals surface area contributed by atoms with Crippen molar-refractivity contribution in [1.29, 1.82) is 0 Å². The molecule has 18 heavy (non-hydrogen) atoms. The second-order valence-corrected chi connectivity index (χ2v) is 4.36. The van der Waals surface area contributed by atoms with Gasteiger partial charge in [-0.25, -0.2) is 9.37 Å². The van der Waals surface area contributed by atoms with Crippen molar-refractivity contribution in [2.45, 2.75) is 26.2 Å². The number of halogens is 1. The molecule has 1 aromatic heterocycles. The summed E-state index contributed by atoms with van der Waals surface area (Å²) in [6.45, 7) is 3.89. The van der Waals surface area contributed by atoms with E-state index in [1.54, 1.807) is 18.2 Å². The largest absolute Gasteiger partial charge is 0.396 e. The Bertz CT molecular complexity index is 532. The summed E-state index contributed by atoms with van der Waals surface area (Å²) in [6, 6.07) is 6.58. The van der Waals surface area contributed by atoms with E-state index >= 15 is 0 Å². The maximum absolute atomic E-state index is 13.7. The number of hydrogen-bond donors (Lipinski definition) is 2. The summed E-state index contributed by atoms with van der Waals surface area (Å²) in [4.78, 5) is 7.56. The van der Waals surface area contributed by atoms with Crippen LogP contribution < -0.4 is 0 Å². The smallest absolute Gasteiger partial charge is 0.132 e. The number of aromatic nitrogens is 2. The second kappa shape index (κ2) is 5.31. The maximum Gasteiger partial charge on any atom is 0.132 e. The first-order valence-electron chi connectivity index (χ1n) is 6.09. The van der Waals surface area contributed by atoms with E-state index in [-0.39, 0.29) is 18.3 Å². The zero-order valence-corrected chi connectivity index (χ0v) is 10.6. The molecule has 0 radical (unpaired) electrons. The standard InChI is InChI=1S/C14H17FN2O/c1-3-10(8-18)14-16-9(2)13(17-14)11-6-4-5-7-12(11)15/h4-7,10,18H,3,8H2,1-2H3,(H,16,17). The van der Waals surface area contributed by atoms with E-state index in [2.05, 4.69) is 9.97 Å². The monoisotopic (exact) mass is 248 g/mol. The number of H-pyrrole nitrogens is 1. The van der Waals surface area contributed by atoms with Gasteiger partial charge in [-0.15, -0.1) is 0 Å². The molecule has 96 valence electrons. The number of aliphatic hydroxyl groups is 1. The van der Waals surface area contributed by atoms with Gasteiger partial charge in [0.15, 0.2) is 0 Å². The van der Waals surface area contributed by atoms with Crippen molar-refractivity contribution in [1.82, 2.24) is 9.97 Å². The summed E-state index contributed by atoms with van der Waals surface area (Å²) < 4.78 is 13.7. The molecule has 0 amide bonds. The molecule has 4 heteroatoms. The molecule has 0 aliphatic heterocycles. The SMILES string of the molecule is CCC(CO)c1nc(-c2ccccc2F)c(C)[nH]1. The average molecular weight is 248 g/mol. The third kappa shape index (κ3) is 2.29. The third-order valence-corrected chi connectivity index (χ3v) is 3.13. The van der Waals surface area contributed by atoms with Crippen LogP contribution >= 0.6 is 0 Å². The lowest BCUT2D eigenvalue weighted by Gasteiger charge is -2.06. The van der Waals surface area contributed by atoms with Crippen LogP contribution in [0.5, 0.6) is 0 Å². The molecular formula is C14H17FN2O. The number of nitrogens with one attached hydrogen (secondary N) is 1. The van der Waals surface area contributed by atoms with Crippen molar-refractivity contribution in [3.8, 4) is 11.3 Å². The molecule has 0 fully saturated rings. The van der Waals surface area contributed by atoms with Crippen LogP contribution in [0.3, 0.4) is 0 Å². The highest BCUT2D eigenvalue weighted by molar-refractivity contribution is 5.62. The highest BCUT2D eigenvalue weighted by Gasteiger charge is 2.17. The predicted octanol–water partition coefficient (Wildman–Crippen LogP) is 3.01. The van der Waals surface area contributed by atoms with E-state index in [4.69, 9.17) is 0 Å². The molecule has 3 nitrogen and oxygen atoms in total. The summed E-state index contributed by atoms with van der Waals surface area (Å²) in [5.74, 6) is 0.413. The number of imidazole rings is 1. The highest BCUT2D eigenvalue weighted by atomic mass is 19.1. The number of aromatic amines is 1. The maximum atomic E-state index is 13.7. The van der Waals surface area contributed by atoms with E-state index in [1.165, 1.54) is 6.07 Å². The zero-order chi connectivity index (χ0) is 13.1. The van der Waals surface area contributed by atoms with Crippen LogP contribution in [0.25, 0.3) is 11.3 Å². The molecular weight excluding hydrogens is 231 g/mol. The van der Waals surface area contributed by atoms with Crippen molar-refractivity contribution in [2.24, 2.45) is 0 Å². The lowest BCUT2D eigenvalue weighted by Crippen LogP contribution is -2.04. The minimum absolute atomic E-state index is 0.0239. The lowest BCUT2D eigenvalue weighted by atomic mass is 10.1. The molecule has 2 N–H and O–H groups in total. The van der Waals surface area contributed by atoms with Gasteiger partial charge < -0.3 is 10.1 Å². The van der Waals surface area contributed by atoms with Gasteiger partial charge in [0.2, 0.25) is 0 Å². The quantitative estimate of drug-likeness (QED) is 0.873. The number of rotatable bonds is 4. The topological polar surface area (TPSA) is 48.9 Å². The summed E-state index contributed by atoms with van der Waals surface area (Å²) in [5.41, 5.74) is 1.93. The van der Waals surface area contributed by atoms with E-state index in [0.717, 1.165) is 17.9 Å². The molecule has 0 aliphatic rings. The fourth-order valence-electron chi connectivity index (χ4n) is 2.00. The summed E-state index contributed by atoms with van der Waals surface area (Å²) in [6.07, 6.45) is 0.792. The Morgan fingerprint density at radius 3 is 2.72 bits per heavy atom. The van der Waals surface area contributed by atoms with Crippen LogP contribution in [-0.2, 0) is 0 Å². The van der Waals surface area contributed by atoms with Crippen LogP contribution in [0.1, 0.15) is 30.8 Å². The van der Waals surface area contributed by atoms with Gasteiger partial charge >= 0.3 is 0 Å². The molecule has 0 aliphatic carbocycles. The first-order chi connectivity index (χ1) is 8.67. The Kier molecular flexibility index (Phi) is 3.77. The molecule has 1 atom stereocenters. The van der Waals surface area contributed by atoms with E-state index < -0.39 is 0 Å². The van der Waals surface area contributed by atoms with Gasteiger partial charge in [-0.3, -0.25) is 0 Å². The van der Waals surface area contributed by atoms with Crippen LogP contribution in [0.2, 0.25) is 0 Å². The Morgan fingerprint density at radius 1 is 1.39 bits per heavy atom. The molecule has 0 saturated heterocycles. The number of nitrogens with zero attached hydrogens (tertiary/aromatic N) is 1. The molecule has 1 unspecified atom stereocenters. The third-order valence-electron chi connectivity index (χ3n) is 3.13. The Balaban J connectivity index is 2.44. The average Bonchev–Trinajstić information content (AvgIpc) is 2.73. The van der Waals surface area contributed by atoms with Crippen LogP contribution in [0.15, 0.2) is 24.3 Å². The fraction of sp³-hybridized carbons (Fsp3) is 0.357. The normalized spacial score (nSPS) is 12.7. The molecule has 1 heterocycles. The van der Waals surface area contributed by atoms with Crippen molar-refractivity contribution >= 4 is 0 Å². The van der Waals surface area contributed by atoms with Crippen molar-refractivity contribution < 1.29 is 9.50 Å². The molecule has 0 bridgehead atoms. The zero-order valence-electron chi connectivity index (χ0n) is 10.6. The van der Waals surface area contributed by atoms with Crippen LogP contribution in [-0.4, -0.2) is 21.7 Å². The van der Waals surface area contributed by atoms with E-state index in [9.17, 15) is 9.50 Å². The van der Waals surface area contributed by atoms with Crippen LogP contribution in [0, 0.1) is 12.7 Å². The number of aryl methyl sites for hydroxylation is 1. The fourth-order valence-corrected chi connectivity index (χ4v) is 2.00. The van der Waals surface area contributed by atoms with Gasteiger partial charge in [0.25, 0.3) is 0 Å². The van der Waals surface area contributed by atoms with Crippen LogP contribution in [0.4, 0.5) is 4.39 Å². The van der Waals surface area contributed by atoms with E-state index in [1.807, 2.05) is 13.8 Å². The number of benzene rings is 1. The van der Waals surface area contributed by atoms with Gasteiger partial charge in [-0.1, -0.05) is 19.1 Å². The van der Waals surface area contributed by atoms with Gasteiger partial charge in [-0.2, -0.15) is 0 Å². The summed E-state index contributed by atoms with van der Waals surface area (Å²) >= 11 is 0. The number of aliphatic hydroxyl groups excluding tert-OH is 1. The second-order valence-electron chi connectivity index (χ2n) is 4.36. The highest BCUT2D eigenvalue weighted by Crippen LogP contribution is 2.26. The van der Waals surface area contributed by atoms with Gasteiger partial charge in [0.05, 0.1) is 12.3 Å². The van der Waals surface area contributed by atoms with Gasteiger partial charge in [0.1, 0.15) is 11.6 Å². The van der Waals surface area contributed by atoms with Crippen molar-refractivity contribution in [2.75, 3.05) is 6.61 Å². The summed E-state index contributed by atoms with van der Waals surface area (Å²) in [5, 5.41) is 9.27. The molecule has 2 aromatic rings. The lowest BCUT2D eigenvalue weighted by molar-refractivity contribution is 0.258. The molecule has 0 spiro atoms. The predicted molar refractivity (Wildman–Crippen MR) is 68.8 cm³/mol. The Hall–Kier alpha value is -1.68. The summed E-state index contributed by atoms with van der Waals surface area (Å²) in [7, 11) is 0. The minimum Gasteiger partial charge on any atom is -0.396 e. The molecule has 1 aromatic carbocycles. The first-order valence-corrected chi connectivity index (χ1v) is 6.09. The van der Waals surface area contributed by atoms with Crippen molar-refractivity contribution in [3.63, 3.8) is 0 Å².